The van der Waals surface area contributed by atoms with Crippen molar-refractivity contribution in [2.24, 2.45) is 0 Å². The lowest BCUT2D eigenvalue weighted by Crippen LogP contribution is -2.45. The first-order valence-electron chi connectivity index (χ1n) is 6.65. The van der Waals surface area contributed by atoms with Gasteiger partial charge in [0, 0.05) is 18.1 Å². The van der Waals surface area contributed by atoms with Gasteiger partial charge in [-0.05, 0) is 31.0 Å². The maximum atomic E-state index is 12.2. The lowest BCUT2D eigenvalue weighted by atomic mass is 10.2. The summed E-state index contributed by atoms with van der Waals surface area (Å²) in [6.07, 6.45) is 2.07. The van der Waals surface area contributed by atoms with Crippen molar-refractivity contribution < 1.29 is 14.3 Å². The average molecular weight is 295 g/mol. The molecule has 3 rings (SSSR count). The molecule has 0 unspecified atom stereocenters. The number of carbonyl (C=O) groups is 2. The smallest absolute Gasteiger partial charge is 0.265 e. The molecule has 5 nitrogen and oxygen atoms in total. The van der Waals surface area contributed by atoms with Crippen LogP contribution in [-0.2, 0) is 9.59 Å². The van der Waals surface area contributed by atoms with Crippen LogP contribution in [0.3, 0.4) is 0 Å². The van der Waals surface area contributed by atoms with Gasteiger partial charge < -0.3 is 9.64 Å². The molecular weight excluding hydrogens is 280 g/mol. The van der Waals surface area contributed by atoms with E-state index in [0.717, 1.165) is 25.9 Å². The average Bonchev–Trinajstić information content (AvgIpc) is 2.96. The molecule has 1 aromatic rings. The Kier molecular flexibility index (Phi) is 3.53. The number of hydrogen-bond acceptors (Lipinski definition) is 3. The van der Waals surface area contributed by atoms with Crippen LogP contribution in [0.5, 0.6) is 5.75 Å². The second-order valence-electron chi connectivity index (χ2n) is 4.97. The van der Waals surface area contributed by atoms with E-state index in [9.17, 15) is 9.59 Å². The van der Waals surface area contributed by atoms with Crippen molar-refractivity contribution in [2.45, 2.75) is 12.8 Å². The first kappa shape index (κ1) is 13.2. The molecule has 0 radical (unpaired) electrons. The Balaban J connectivity index is 1.83. The van der Waals surface area contributed by atoms with Gasteiger partial charge in [0.25, 0.3) is 5.91 Å². The fourth-order valence-electron chi connectivity index (χ4n) is 2.55. The van der Waals surface area contributed by atoms with E-state index in [1.54, 1.807) is 23.1 Å². The molecule has 0 atom stereocenters. The SMILES string of the molecule is O=C(CN1C(=O)COc2ccc(Cl)cc21)N1CCCC1. The number of likely N-dealkylation sites (tertiary alicyclic amines) is 1. The third-order valence-electron chi connectivity index (χ3n) is 3.62. The minimum Gasteiger partial charge on any atom is -0.482 e. The molecule has 1 aromatic carbocycles. The highest BCUT2D eigenvalue weighted by Gasteiger charge is 2.29. The molecule has 0 saturated carbocycles. The lowest BCUT2D eigenvalue weighted by Gasteiger charge is -2.30. The van der Waals surface area contributed by atoms with Crippen LogP contribution in [0.25, 0.3) is 0 Å². The maximum Gasteiger partial charge on any atom is 0.265 e. The summed E-state index contributed by atoms with van der Waals surface area (Å²) in [4.78, 5) is 27.5. The summed E-state index contributed by atoms with van der Waals surface area (Å²) in [5.41, 5.74) is 0.571. The zero-order valence-electron chi connectivity index (χ0n) is 11.0. The van der Waals surface area contributed by atoms with Crippen LogP contribution < -0.4 is 9.64 Å². The van der Waals surface area contributed by atoms with Gasteiger partial charge in [0.1, 0.15) is 12.3 Å². The molecule has 1 fully saturated rings. The summed E-state index contributed by atoms with van der Waals surface area (Å²) in [5.74, 6) is 0.346. The van der Waals surface area contributed by atoms with E-state index in [2.05, 4.69) is 0 Å². The number of rotatable bonds is 2. The molecule has 20 heavy (non-hydrogen) atoms. The van der Waals surface area contributed by atoms with E-state index in [4.69, 9.17) is 16.3 Å². The second-order valence-corrected chi connectivity index (χ2v) is 5.40. The van der Waals surface area contributed by atoms with Crippen LogP contribution in [0.2, 0.25) is 5.02 Å². The summed E-state index contributed by atoms with van der Waals surface area (Å²) in [6.45, 7) is 1.57. The van der Waals surface area contributed by atoms with Crippen molar-refractivity contribution in [3.8, 4) is 5.75 Å². The Morgan fingerprint density at radius 3 is 2.80 bits per heavy atom. The monoisotopic (exact) mass is 294 g/mol. The van der Waals surface area contributed by atoms with Gasteiger partial charge >= 0.3 is 0 Å². The number of ether oxygens (including phenoxy) is 1. The van der Waals surface area contributed by atoms with Crippen molar-refractivity contribution in [1.29, 1.82) is 0 Å². The van der Waals surface area contributed by atoms with Crippen LogP contribution in [0.1, 0.15) is 12.8 Å². The quantitative estimate of drug-likeness (QED) is 0.834. The van der Waals surface area contributed by atoms with Crippen LogP contribution in [0, 0.1) is 0 Å². The third kappa shape index (κ3) is 2.45. The van der Waals surface area contributed by atoms with E-state index in [1.165, 1.54) is 4.90 Å². The molecule has 2 amide bonds. The first-order valence-corrected chi connectivity index (χ1v) is 7.03. The van der Waals surface area contributed by atoms with Gasteiger partial charge in [-0.2, -0.15) is 0 Å². The highest BCUT2D eigenvalue weighted by atomic mass is 35.5. The van der Waals surface area contributed by atoms with E-state index in [-0.39, 0.29) is 25.0 Å². The minimum absolute atomic E-state index is 0.0244. The number of carbonyl (C=O) groups excluding carboxylic acids is 2. The topological polar surface area (TPSA) is 49.9 Å². The summed E-state index contributed by atoms with van der Waals surface area (Å²) < 4.78 is 5.35. The molecule has 0 bridgehead atoms. The third-order valence-corrected chi connectivity index (χ3v) is 3.85. The van der Waals surface area contributed by atoms with Crippen LogP contribution in [-0.4, -0.2) is 43.0 Å². The zero-order valence-corrected chi connectivity index (χ0v) is 11.7. The Morgan fingerprint density at radius 2 is 2.05 bits per heavy atom. The lowest BCUT2D eigenvalue weighted by molar-refractivity contribution is -0.131. The summed E-state index contributed by atoms with van der Waals surface area (Å²) in [7, 11) is 0. The van der Waals surface area contributed by atoms with Crippen molar-refractivity contribution in [3.05, 3.63) is 23.2 Å². The standard InChI is InChI=1S/C14H15ClN2O3/c15-10-3-4-12-11(7-10)17(14(19)9-20-12)8-13(18)16-5-1-2-6-16/h3-4,7H,1-2,5-6,8-9H2. The Hall–Kier alpha value is -1.75. The Morgan fingerprint density at radius 1 is 1.30 bits per heavy atom. The number of benzene rings is 1. The molecule has 2 aliphatic heterocycles. The van der Waals surface area contributed by atoms with E-state index < -0.39 is 0 Å². The molecule has 6 heteroatoms. The van der Waals surface area contributed by atoms with E-state index in [1.807, 2.05) is 0 Å². The maximum absolute atomic E-state index is 12.2. The number of amides is 2. The van der Waals surface area contributed by atoms with Gasteiger partial charge in [-0.3, -0.25) is 14.5 Å². The van der Waals surface area contributed by atoms with Gasteiger partial charge in [-0.15, -0.1) is 0 Å². The highest BCUT2D eigenvalue weighted by Crippen LogP contribution is 2.34. The Bertz CT molecular complexity index is 555. The normalized spacial score (nSPS) is 17.9. The molecule has 0 N–H and O–H groups in total. The largest absolute Gasteiger partial charge is 0.482 e. The minimum atomic E-state index is -0.215. The van der Waals surface area contributed by atoms with Crippen LogP contribution >= 0.6 is 11.6 Å². The molecule has 2 aliphatic rings. The van der Waals surface area contributed by atoms with Crippen molar-refractivity contribution in [2.75, 3.05) is 31.1 Å². The van der Waals surface area contributed by atoms with Crippen molar-refractivity contribution in [1.82, 2.24) is 4.90 Å². The fraction of sp³-hybridized carbons (Fsp3) is 0.429. The first-order chi connectivity index (χ1) is 9.65. The number of hydrogen-bond donors (Lipinski definition) is 0. The Labute approximate surface area is 122 Å². The van der Waals surface area contributed by atoms with Gasteiger partial charge in [-0.25, -0.2) is 0 Å². The van der Waals surface area contributed by atoms with Crippen molar-refractivity contribution >= 4 is 29.1 Å². The number of fused-ring (bicyclic) bond motifs is 1. The molecular formula is C14H15ClN2O3. The molecule has 106 valence electrons. The van der Waals surface area contributed by atoms with Crippen molar-refractivity contribution in [3.63, 3.8) is 0 Å². The van der Waals surface area contributed by atoms with Gasteiger partial charge in [0.2, 0.25) is 5.91 Å². The zero-order chi connectivity index (χ0) is 14.1. The van der Waals surface area contributed by atoms with Crippen LogP contribution in [0.15, 0.2) is 18.2 Å². The summed E-state index contributed by atoms with van der Waals surface area (Å²) in [6, 6.07) is 5.08. The van der Waals surface area contributed by atoms with Gasteiger partial charge in [0.15, 0.2) is 6.61 Å². The second kappa shape index (κ2) is 5.32. The highest BCUT2D eigenvalue weighted by molar-refractivity contribution is 6.31. The predicted octanol–water partition coefficient (Wildman–Crippen LogP) is 1.69. The summed E-state index contributed by atoms with van der Waals surface area (Å²) >= 11 is 5.96. The molecule has 0 spiro atoms. The molecule has 0 aromatic heterocycles. The summed E-state index contributed by atoms with van der Waals surface area (Å²) in [5, 5.41) is 0.515. The fourth-order valence-corrected chi connectivity index (χ4v) is 2.72. The van der Waals surface area contributed by atoms with Crippen LogP contribution in [0.4, 0.5) is 5.69 Å². The molecule has 0 aliphatic carbocycles. The van der Waals surface area contributed by atoms with E-state index in [0.29, 0.717) is 16.5 Å². The molecule has 2 heterocycles. The predicted molar refractivity (Wildman–Crippen MR) is 75.1 cm³/mol. The number of anilines is 1. The van der Waals surface area contributed by atoms with E-state index >= 15 is 0 Å². The van der Waals surface area contributed by atoms with Gasteiger partial charge in [-0.1, -0.05) is 11.6 Å². The number of nitrogens with zero attached hydrogens (tertiary/aromatic N) is 2. The molecule has 1 saturated heterocycles. The van der Waals surface area contributed by atoms with Gasteiger partial charge in [0.05, 0.1) is 5.69 Å². The number of halogens is 1.